The molecule has 0 saturated heterocycles. The fourth-order valence-electron chi connectivity index (χ4n) is 4.92. The Bertz CT molecular complexity index is 1470. The van der Waals surface area contributed by atoms with Gasteiger partial charge in [0.15, 0.2) is 0 Å². The lowest BCUT2D eigenvalue weighted by atomic mass is 9.99. The molecule has 5 nitrogen and oxygen atoms in total. The summed E-state index contributed by atoms with van der Waals surface area (Å²) in [5.41, 5.74) is 0.569. The van der Waals surface area contributed by atoms with Crippen molar-refractivity contribution in [3.05, 3.63) is 102 Å². The van der Waals surface area contributed by atoms with E-state index in [1.165, 1.54) is 6.07 Å². The number of para-hydroxylation sites is 2. The van der Waals surface area contributed by atoms with Crippen LogP contribution in [0.25, 0.3) is 10.8 Å². The highest BCUT2D eigenvalue weighted by atomic mass is 19.4. The van der Waals surface area contributed by atoms with Crippen molar-refractivity contribution in [2.75, 3.05) is 25.1 Å². The highest BCUT2D eigenvalue weighted by Crippen LogP contribution is 2.41. The molecule has 0 aromatic heterocycles. The molecule has 2 atom stereocenters. The standard InChI is InChI=1S/C30H27F3N2O3/c1-19(23-11-7-9-20-8-3-4-10-24(20)23)34-17-22-18-35(27-12-5-6-13-28(27)38-22)21-14-15-25(29(36)37-2)26(16-21)30(31,32)33/h3-16,19,22,34H,17-18H2,1-2H3/t19-,22?/m1/s1. The van der Waals surface area contributed by atoms with Crippen molar-refractivity contribution in [1.82, 2.24) is 5.32 Å². The van der Waals surface area contributed by atoms with Gasteiger partial charge >= 0.3 is 12.1 Å². The zero-order valence-corrected chi connectivity index (χ0v) is 21.0. The number of methoxy groups -OCH3 is 1. The number of nitrogens with zero attached hydrogens (tertiary/aromatic N) is 1. The molecule has 8 heteroatoms. The fraction of sp³-hybridized carbons (Fsp3) is 0.233. The summed E-state index contributed by atoms with van der Waals surface area (Å²) in [5, 5.41) is 5.86. The van der Waals surface area contributed by atoms with Gasteiger partial charge in [-0.15, -0.1) is 0 Å². The molecule has 1 aliphatic heterocycles. The minimum absolute atomic E-state index is 0.0199. The number of carbonyl (C=O) groups excluding carboxylic acids is 1. The molecule has 0 radical (unpaired) electrons. The summed E-state index contributed by atoms with van der Waals surface area (Å²) >= 11 is 0. The van der Waals surface area contributed by atoms with Crippen molar-refractivity contribution in [3.8, 4) is 5.75 Å². The highest BCUT2D eigenvalue weighted by molar-refractivity contribution is 5.92. The molecule has 4 aromatic carbocycles. The van der Waals surface area contributed by atoms with Gasteiger partial charge in [0.1, 0.15) is 11.9 Å². The molecule has 1 unspecified atom stereocenters. The molecule has 0 amide bonds. The number of rotatable bonds is 6. The minimum Gasteiger partial charge on any atom is -0.485 e. The molecule has 1 heterocycles. The predicted molar refractivity (Wildman–Crippen MR) is 141 cm³/mol. The SMILES string of the molecule is COC(=O)c1ccc(N2CC(CN[C@H](C)c3cccc4ccccc34)Oc3ccccc32)cc1C(F)(F)F. The summed E-state index contributed by atoms with van der Waals surface area (Å²) < 4.78 is 52.5. The van der Waals surface area contributed by atoms with E-state index < -0.39 is 23.3 Å². The van der Waals surface area contributed by atoms with Gasteiger partial charge in [-0.2, -0.15) is 13.2 Å². The summed E-state index contributed by atoms with van der Waals surface area (Å²) in [5.74, 6) is -0.454. The van der Waals surface area contributed by atoms with Crippen molar-refractivity contribution in [1.29, 1.82) is 0 Å². The van der Waals surface area contributed by atoms with E-state index in [2.05, 4.69) is 41.2 Å². The molecule has 0 spiro atoms. The molecule has 5 rings (SSSR count). The number of nitrogens with one attached hydrogen (secondary N) is 1. The number of hydrogen-bond acceptors (Lipinski definition) is 5. The third-order valence-electron chi connectivity index (χ3n) is 6.80. The van der Waals surface area contributed by atoms with Gasteiger partial charge in [0.25, 0.3) is 0 Å². The van der Waals surface area contributed by atoms with Crippen LogP contribution in [0, 0.1) is 0 Å². The molecule has 0 saturated carbocycles. The molecule has 38 heavy (non-hydrogen) atoms. The first-order valence-electron chi connectivity index (χ1n) is 12.3. The molecule has 0 bridgehead atoms. The zero-order valence-electron chi connectivity index (χ0n) is 21.0. The van der Waals surface area contributed by atoms with Gasteiger partial charge in [-0.1, -0.05) is 54.6 Å². The molecule has 0 aliphatic carbocycles. The Balaban J connectivity index is 1.42. The highest BCUT2D eigenvalue weighted by Gasteiger charge is 2.37. The summed E-state index contributed by atoms with van der Waals surface area (Å²) in [7, 11) is 1.06. The quantitative estimate of drug-likeness (QED) is 0.281. The number of hydrogen-bond donors (Lipinski definition) is 1. The van der Waals surface area contributed by atoms with E-state index in [-0.39, 0.29) is 12.1 Å². The molecule has 0 fully saturated rings. The van der Waals surface area contributed by atoms with Gasteiger partial charge < -0.3 is 19.7 Å². The number of alkyl halides is 3. The number of fused-ring (bicyclic) bond motifs is 2. The largest absolute Gasteiger partial charge is 0.485 e. The third-order valence-corrected chi connectivity index (χ3v) is 6.80. The smallest absolute Gasteiger partial charge is 0.417 e. The van der Waals surface area contributed by atoms with E-state index in [1.54, 1.807) is 17.0 Å². The number of ether oxygens (including phenoxy) is 2. The zero-order chi connectivity index (χ0) is 26.9. The van der Waals surface area contributed by atoms with Gasteiger partial charge in [-0.3, -0.25) is 0 Å². The van der Waals surface area contributed by atoms with Gasteiger partial charge in [0.2, 0.25) is 0 Å². The summed E-state index contributed by atoms with van der Waals surface area (Å²) in [6, 6.07) is 25.3. The van der Waals surface area contributed by atoms with E-state index in [0.29, 0.717) is 30.2 Å². The van der Waals surface area contributed by atoms with Crippen molar-refractivity contribution in [2.24, 2.45) is 0 Å². The first-order chi connectivity index (χ1) is 18.3. The second-order valence-corrected chi connectivity index (χ2v) is 9.24. The van der Waals surface area contributed by atoms with Crippen LogP contribution in [-0.4, -0.2) is 32.3 Å². The number of halogens is 3. The van der Waals surface area contributed by atoms with Crippen LogP contribution in [0.15, 0.2) is 84.9 Å². The average molecular weight is 521 g/mol. The van der Waals surface area contributed by atoms with Gasteiger partial charge in [-0.05, 0) is 53.6 Å². The predicted octanol–water partition coefficient (Wildman–Crippen LogP) is 6.90. The lowest BCUT2D eigenvalue weighted by Crippen LogP contribution is -2.44. The van der Waals surface area contributed by atoms with Gasteiger partial charge in [-0.25, -0.2) is 4.79 Å². The van der Waals surface area contributed by atoms with Crippen molar-refractivity contribution >= 4 is 28.1 Å². The van der Waals surface area contributed by atoms with Crippen LogP contribution in [0.2, 0.25) is 0 Å². The van der Waals surface area contributed by atoms with Crippen LogP contribution in [-0.2, 0) is 10.9 Å². The van der Waals surface area contributed by atoms with Crippen LogP contribution >= 0.6 is 0 Å². The van der Waals surface area contributed by atoms with E-state index in [9.17, 15) is 18.0 Å². The van der Waals surface area contributed by atoms with Crippen molar-refractivity contribution in [3.63, 3.8) is 0 Å². The Labute approximate surface area is 218 Å². The van der Waals surface area contributed by atoms with Crippen LogP contribution in [0.1, 0.15) is 34.5 Å². The number of anilines is 2. The second-order valence-electron chi connectivity index (χ2n) is 9.24. The van der Waals surface area contributed by atoms with Crippen LogP contribution < -0.4 is 15.0 Å². The molecular formula is C30H27F3N2O3. The third kappa shape index (κ3) is 5.04. The maximum atomic E-state index is 13.9. The van der Waals surface area contributed by atoms with E-state index in [0.717, 1.165) is 35.6 Å². The van der Waals surface area contributed by atoms with Crippen LogP contribution in [0.3, 0.4) is 0 Å². The minimum atomic E-state index is -4.72. The van der Waals surface area contributed by atoms with Gasteiger partial charge in [0.05, 0.1) is 30.5 Å². The van der Waals surface area contributed by atoms with Crippen molar-refractivity contribution < 1.29 is 27.4 Å². The maximum Gasteiger partial charge on any atom is 0.417 e. The molecule has 1 N–H and O–H groups in total. The van der Waals surface area contributed by atoms with Gasteiger partial charge in [0, 0.05) is 18.3 Å². The number of carbonyl (C=O) groups is 1. The van der Waals surface area contributed by atoms with E-state index >= 15 is 0 Å². The van der Waals surface area contributed by atoms with E-state index in [4.69, 9.17) is 4.74 Å². The van der Waals surface area contributed by atoms with Crippen LogP contribution in [0.5, 0.6) is 5.75 Å². The molecule has 1 aliphatic rings. The normalized spacial score (nSPS) is 16.0. The Morgan fingerprint density at radius 3 is 2.58 bits per heavy atom. The summed E-state index contributed by atoms with van der Waals surface area (Å²) in [6.45, 7) is 2.88. The lowest BCUT2D eigenvalue weighted by molar-refractivity contribution is -0.138. The second kappa shape index (κ2) is 10.4. The molecule has 4 aromatic rings. The first-order valence-corrected chi connectivity index (χ1v) is 12.3. The topological polar surface area (TPSA) is 50.8 Å². The lowest BCUT2D eigenvalue weighted by Gasteiger charge is -2.37. The number of esters is 1. The van der Waals surface area contributed by atoms with Crippen LogP contribution in [0.4, 0.5) is 24.5 Å². The Kier molecular flexibility index (Phi) is 6.99. The first kappa shape index (κ1) is 25.6. The van der Waals surface area contributed by atoms with E-state index in [1.807, 2.05) is 30.3 Å². The Hall–Kier alpha value is -4.04. The Morgan fingerprint density at radius 1 is 1.05 bits per heavy atom. The molecular weight excluding hydrogens is 493 g/mol. The monoisotopic (exact) mass is 520 g/mol. The number of benzene rings is 4. The summed E-state index contributed by atoms with van der Waals surface area (Å²) in [6.07, 6.45) is -5.06. The average Bonchev–Trinajstić information content (AvgIpc) is 2.94. The Morgan fingerprint density at radius 2 is 1.79 bits per heavy atom. The maximum absolute atomic E-state index is 13.9. The van der Waals surface area contributed by atoms with Crippen molar-refractivity contribution in [2.45, 2.75) is 25.2 Å². The molecule has 196 valence electrons. The summed E-state index contributed by atoms with van der Waals surface area (Å²) in [4.78, 5) is 13.8. The fourth-order valence-corrected chi connectivity index (χ4v) is 4.92.